The lowest BCUT2D eigenvalue weighted by Gasteiger charge is -2.20. The van der Waals surface area contributed by atoms with E-state index in [1.165, 1.54) is 18.6 Å². The highest BCUT2D eigenvalue weighted by Crippen LogP contribution is 2.28. The van der Waals surface area contributed by atoms with Crippen LogP contribution in [-0.4, -0.2) is 6.54 Å². The van der Waals surface area contributed by atoms with E-state index < -0.39 is 11.6 Å². The van der Waals surface area contributed by atoms with E-state index in [-0.39, 0.29) is 11.6 Å². The maximum atomic E-state index is 14.0. The largest absolute Gasteiger partial charge is 0.310 e. The van der Waals surface area contributed by atoms with Crippen molar-refractivity contribution in [1.82, 2.24) is 5.32 Å². The van der Waals surface area contributed by atoms with Gasteiger partial charge in [-0.1, -0.05) is 55.5 Å². The molecule has 1 atom stereocenters. The van der Waals surface area contributed by atoms with Crippen molar-refractivity contribution in [2.75, 3.05) is 6.54 Å². The van der Waals surface area contributed by atoms with Gasteiger partial charge in [0.05, 0.1) is 0 Å². The summed E-state index contributed by atoms with van der Waals surface area (Å²) in [6.07, 6.45) is 5.19. The van der Waals surface area contributed by atoms with Gasteiger partial charge in [-0.25, -0.2) is 8.78 Å². The highest BCUT2D eigenvalue weighted by Gasteiger charge is 2.19. The van der Waals surface area contributed by atoms with E-state index in [1.54, 1.807) is 0 Å². The average molecular weight is 334 g/mol. The third kappa shape index (κ3) is 5.19. The number of nitrogens with one attached hydrogen (secondary N) is 1. The standard InChI is InChI=1S/C15H22BrF2N/c1-3-5-6-7-8-14(19-4-2)15-12(17)9-11(16)10-13(15)18/h9-10,14,19H,3-8H2,1-2H3. The fourth-order valence-electron chi connectivity index (χ4n) is 2.26. The van der Waals surface area contributed by atoms with Crippen LogP contribution in [0.3, 0.4) is 0 Å². The normalized spacial score (nSPS) is 12.7. The highest BCUT2D eigenvalue weighted by molar-refractivity contribution is 9.10. The highest BCUT2D eigenvalue weighted by atomic mass is 79.9. The molecule has 0 aromatic heterocycles. The summed E-state index contributed by atoms with van der Waals surface area (Å²) in [6, 6.07) is 2.42. The smallest absolute Gasteiger partial charge is 0.132 e. The van der Waals surface area contributed by atoms with Crippen LogP contribution in [0, 0.1) is 11.6 Å². The molecule has 0 radical (unpaired) electrons. The molecule has 0 fully saturated rings. The summed E-state index contributed by atoms with van der Waals surface area (Å²) in [5.74, 6) is -0.957. The van der Waals surface area contributed by atoms with Crippen LogP contribution >= 0.6 is 15.9 Å². The Morgan fingerprint density at radius 3 is 2.26 bits per heavy atom. The number of unbranched alkanes of at least 4 members (excludes halogenated alkanes) is 3. The lowest BCUT2D eigenvalue weighted by Crippen LogP contribution is -2.23. The van der Waals surface area contributed by atoms with E-state index in [0.717, 1.165) is 25.7 Å². The van der Waals surface area contributed by atoms with Gasteiger partial charge in [-0.3, -0.25) is 0 Å². The second kappa shape index (κ2) is 8.64. The lowest BCUT2D eigenvalue weighted by atomic mass is 9.99. The summed E-state index contributed by atoms with van der Waals surface area (Å²) in [5.41, 5.74) is 0.168. The van der Waals surface area contributed by atoms with Crippen molar-refractivity contribution in [3.05, 3.63) is 33.8 Å². The quantitative estimate of drug-likeness (QED) is 0.632. The summed E-state index contributed by atoms with van der Waals surface area (Å²) in [4.78, 5) is 0. The molecule has 0 aliphatic heterocycles. The van der Waals surface area contributed by atoms with Gasteiger partial charge in [0.15, 0.2) is 0 Å². The van der Waals surface area contributed by atoms with Gasteiger partial charge in [0.2, 0.25) is 0 Å². The second-order valence-electron chi connectivity index (χ2n) is 4.74. The van der Waals surface area contributed by atoms with Crippen molar-refractivity contribution in [3.63, 3.8) is 0 Å². The van der Waals surface area contributed by atoms with Crippen LogP contribution in [0.5, 0.6) is 0 Å². The summed E-state index contributed by atoms with van der Waals surface area (Å²) in [6.45, 7) is 4.80. The lowest BCUT2D eigenvalue weighted by molar-refractivity contribution is 0.436. The van der Waals surface area contributed by atoms with E-state index in [4.69, 9.17) is 0 Å². The van der Waals surface area contributed by atoms with Crippen molar-refractivity contribution in [2.45, 2.75) is 52.0 Å². The first-order chi connectivity index (χ1) is 9.10. The number of hydrogen-bond donors (Lipinski definition) is 1. The molecule has 1 rings (SSSR count). The molecule has 19 heavy (non-hydrogen) atoms. The third-order valence-electron chi connectivity index (χ3n) is 3.19. The Kier molecular flexibility index (Phi) is 7.54. The molecule has 0 heterocycles. The molecular formula is C15H22BrF2N. The molecular weight excluding hydrogens is 312 g/mol. The van der Waals surface area contributed by atoms with Crippen LogP contribution in [-0.2, 0) is 0 Å². The molecule has 0 aliphatic rings. The predicted molar refractivity (Wildman–Crippen MR) is 79.2 cm³/mol. The van der Waals surface area contributed by atoms with E-state index >= 15 is 0 Å². The molecule has 1 nitrogen and oxygen atoms in total. The Morgan fingerprint density at radius 2 is 1.74 bits per heavy atom. The van der Waals surface area contributed by atoms with Crippen LogP contribution in [0.25, 0.3) is 0 Å². The molecule has 0 amide bonds. The van der Waals surface area contributed by atoms with Gasteiger partial charge >= 0.3 is 0 Å². The molecule has 0 aliphatic carbocycles. The summed E-state index contributed by atoms with van der Waals surface area (Å²) < 4.78 is 28.3. The summed E-state index contributed by atoms with van der Waals surface area (Å²) >= 11 is 3.11. The Bertz CT molecular complexity index is 373. The van der Waals surface area contributed by atoms with Crippen molar-refractivity contribution < 1.29 is 8.78 Å². The zero-order valence-electron chi connectivity index (χ0n) is 11.6. The topological polar surface area (TPSA) is 12.0 Å². The second-order valence-corrected chi connectivity index (χ2v) is 5.66. The number of halogens is 3. The first-order valence-electron chi connectivity index (χ1n) is 6.98. The predicted octanol–water partition coefficient (Wildman–Crippen LogP) is 5.35. The average Bonchev–Trinajstić information content (AvgIpc) is 2.33. The first kappa shape index (κ1) is 16.6. The Labute approximate surface area is 122 Å². The van der Waals surface area contributed by atoms with Crippen LogP contribution in [0.2, 0.25) is 0 Å². The molecule has 0 saturated carbocycles. The zero-order chi connectivity index (χ0) is 14.3. The van der Waals surface area contributed by atoms with Crippen molar-refractivity contribution in [2.24, 2.45) is 0 Å². The third-order valence-corrected chi connectivity index (χ3v) is 3.65. The van der Waals surface area contributed by atoms with Crippen molar-refractivity contribution in [3.8, 4) is 0 Å². The molecule has 0 saturated heterocycles. The van der Waals surface area contributed by atoms with Gasteiger partial charge in [0.25, 0.3) is 0 Å². The zero-order valence-corrected chi connectivity index (χ0v) is 13.2. The number of hydrogen-bond acceptors (Lipinski definition) is 1. The van der Waals surface area contributed by atoms with Crippen molar-refractivity contribution >= 4 is 15.9 Å². The monoisotopic (exact) mass is 333 g/mol. The SMILES string of the molecule is CCCCCCC(NCC)c1c(F)cc(Br)cc1F. The van der Waals surface area contributed by atoms with E-state index in [1.807, 2.05) is 6.92 Å². The Morgan fingerprint density at radius 1 is 1.11 bits per heavy atom. The maximum Gasteiger partial charge on any atom is 0.132 e. The summed E-state index contributed by atoms with van der Waals surface area (Å²) in [5, 5.41) is 3.18. The Hall–Kier alpha value is -0.480. The van der Waals surface area contributed by atoms with Crippen LogP contribution in [0.1, 0.15) is 57.6 Å². The van der Waals surface area contributed by atoms with Crippen LogP contribution < -0.4 is 5.32 Å². The van der Waals surface area contributed by atoms with Crippen molar-refractivity contribution in [1.29, 1.82) is 0 Å². The van der Waals surface area contributed by atoms with Gasteiger partial charge in [0.1, 0.15) is 11.6 Å². The molecule has 0 spiro atoms. The van der Waals surface area contributed by atoms with Gasteiger partial charge in [-0.2, -0.15) is 0 Å². The molecule has 1 unspecified atom stereocenters. The number of rotatable bonds is 8. The van der Waals surface area contributed by atoms with E-state index in [2.05, 4.69) is 28.2 Å². The summed E-state index contributed by atoms with van der Waals surface area (Å²) in [7, 11) is 0. The first-order valence-corrected chi connectivity index (χ1v) is 7.77. The molecule has 1 aromatic carbocycles. The molecule has 108 valence electrons. The number of benzene rings is 1. The fourth-order valence-corrected chi connectivity index (χ4v) is 2.66. The van der Waals surface area contributed by atoms with E-state index in [9.17, 15) is 8.78 Å². The Balaban J connectivity index is 2.80. The van der Waals surface area contributed by atoms with Crippen LogP contribution in [0.4, 0.5) is 8.78 Å². The minimum absolute atomic E-state index is 0.168. The minimum atomic E-state index is -0.478. The fraction of sp³-hybridized carbons (Fsp3) is 0.600. The molecule has 0 bridgehead atoms. The molecule has 1 aromatic rings. The van der Waals surface area contributed by atoms with Gasteiger partial charge in [0, 0.05) is 16.1 Å². The van der Waals surface area contributed by atoms with Gasteiger partial charge in [-0.15, -0.1) is 0 Å². The van der Waals surface area contributed by atoms with E-state index in [0.29, 0.717) is 11.0 Å². The van der Waals surface area contributed by atoms with Gasteiger partial charge < -0.3 is 5.32 Å². The maximum absolute atomic E-state index is 14.0. The van der Waals surface area contributed by atoms with Crippen LogP contribution in [0.15, 0.2) is 16.6 Å². The molecule has 4 heteroatoms. The van der Waals surface area contributed by atoms with Gasteiger partial charge in [-0.05, 0) is 25.1 Å². The molecule has 1 N–H and O–H groups in total. The minimum Gasteiger partial charge on any atom is -0.310 e.